The second kappa shape index (κ2) is 7.19. The van der Waals surface area contributed by atoms with E-state index >= 15 is 0 Å². The monoisotopic (exact) mass is 351 g/mol. The Morgan fingerprint density at radius 1 is 1.00 bits per heavy atom. The molecule has 5 heteroatoms. The fourth-order valence-electron chi connectivity index (χ4n) is 3.00. The van der Waals surface area contributed by atoms with Gasteiger partial charge in [0.15, 0.2) is 0 Å². The first-order chi connectivity index (χ1) is 11.4. The van der Waals surface area contributed by atoms with E-state index in [1.54, 1.807) is 17.8 Å². The van der Waals surface area contributed by atoms with Gasteiger partial charge in [0.25, 0.3) is 0 Å². The van der Waals surface area contributed by atoms with Crippen molar-refractivity contribution in [1.82, 2.24) is 5.32 Å². The summed E-state index contributed by atoms with van der Waals surface area (Å²) in [5.74, 6) is 0.182. The number of alkyl halides is 3. The molecule has 0 spiro atoms. The Bertz CT molecular complexity index is 689. The van der Waals surface area contributed by atoms with Gasteiger partial charge in [0.05, 0.1) is 5.56 Å². The highest BCUT2D eigenvalue weighted by atomic mass is 32.2. The lowest BCUT2D eigenvalue weighted by atomic mass is 9.89. The van der Waals surface area contributed by atoms with Crippen LogP contribution in [0.5, 0.6) is 0 Å². The maximum atomic E-state index is 13.1. The lowest BCUT2D eigenvalue weighted by Gasteiger charge is -2.26. The number of rotatable bonds is 3. The maximum absolute atomic E-state index is 13.1. The maximum Gasteiger partial charge on any atom is 0.416 e. The molecule has 2 aromatic carbocycles. The second-order valence-electron chi connectivity index (χ2n) is 6.19. The summed E-state index contributed by atoms with van der Waals surface area (Å²) in [5.41, 5.74) is 1.45. The molecule has 128 valence electrons. The zero-order chi connectivity index (χ0) is 17.2. The summed E-state index contributed by atoms with van der Waals surface area (Å²) < 4.78 is 39.4. The lowest BCUT2D eigenvalue weighted by molar-refractivity contribution is -0.137. The highest BCUT2D eigenvalue weighted by Gasteiger charge is 2.32. The molecule has 0 aromatic heterocycles. The molecule has 1 saturated heterocycles. The lowest BCUT2D eigenvalue weighted by Crippen LogP contribution is -2.27. The van der Waals surface area contributed by atoms with Gasteiger partial charge in [0.2, 0.25) is 0 Å². The van der Waals surface area contributed by atoms with Crippen LogP contribution in [-0.2, 0) is 6.18 Å². The average molecular weight is 351 g/mol. The summed E-state index contributed by atoms with van der Waals surface area (Å²) in [6.45, 7) is 3.73. The second-order valence-corrected chi connectivity index (χ2v) is 7.31. The molecule has 1 fully saturated rings. The van der Waals surface area contributed by atoms with E-state index in [9.17, 15) is 13.2 Å². The first kappa shape index (κ1) is 17.4. The highest BCUT2D eigenvalue weighted by Crippen LogP contribution is 2.40. The van der Waals surface area contributed by atoms with E-state index in [-0.39, 0.29) is 5.92 Å². The van der Waals surface area contributed by atoms with Crippen molar-refractivity contribution in [3.05, 3.63) is 59.2 Å². The molecule has 0 aliphatic carbocycles. The van der Waals surface area contributed by atoms with Gasteiger partial charge < -0.3 is 5.32 Å². The Kier molecular flexibility index (Phi) is 5.21. The minimum Gasteiger partial charge on any atom is -0.317 e. The zero-order valence-corrected chi connectivity index (χ0v) is 14.3. The van der Waals surface area contributed by atoms with Crippen LogP contribution in [0.15, 0.2) is 52.3 Å². The fourth-order valence-corrected chi connectivity index (χ4v) is 4.01. The van der Waals surface area contributed by atoms with Crippen LogP contribution in [0.1, 0.15) is 35.4 Å². The fraction of sp³-hybridized carbons (Fsp3) is 0.368. The van der Waals surface area contributed by atoms with Gasteiger partial charge in [0, 0.05) is 9.79 Å². The molecular formula is C19H20F3NS. The minimum absolute atomic E-state index is 0.182. The predicted octanol–water partition coefficient (Wildman–Crippen LogP) is 5.63. The summed E-state index contributed by atoms with van der Waals surface area (Å²) in [4.78, 5) is 1.98. The van der Waals surface area contributed by atoms with Crippen LogP contribution in [0.3, 0.4) is 0 Å². The van der Waals surface area contributed by atoms with Crippen molar-refractivity contribution in [1.29, 1.82) is 0 Å². The molecular weight excluding hydrogens is 331 g/mol. The van der Waals surface area contributed by atoms with E-state index in [2.05, 4.69) is 5.32 Å². The van der Waals surface area contributed by atoms with E-state index in [1.165, 1.54) is 17.7 Å². The topological polar surface area (TPSA) is 12.0 Å². The molecule has 0 unspecified atom stereocenters. The Morgan fingerprint density at radius 2 is 1.67 bits per heavy atom. The minimum atomic E-state index is -4.30. The molecule has 1 aliphatic rings. The highest BCUT2D eigenvalue weighted by molar-refractivity contribution is 7.99. The van der Waals surface area contributed by atoms with Crippen LogP contribution in [0, 0.1) is 6.92 Å². The number of piperidine rings is 1. The van der Waals surface area contributed by atoms with Gasteiger partial charge >= 0.3 is 6.18 Å². The largest absolute Gasteiger partial charge is 0.416 e. The quantitative estimate of drug-likeness (QED) is 0.769. The van der Waals surface area contributed by atoms with Crippen LogP contribution in [0.25, 0.3) is 0 Å². The molecule has 2 aromatic rings. The number of hydrogen-bond donors (Lipinski definition) is 1. The van der Waals surface area contributed by atoms with Crippen molar-refractivity contribution in [3.8, 4) is 0 Å². The van der Waals surface area contributed by atoms with E-state index in [4.69, 9.17) is 0 Å². The number of nitrogens with one attached hydrogen (secondary N) is 1. The van der Waals surface area contributed by atoms with Crippen LogP contribution in [-0.4, -0.2) is 13.1 Å². The van der Waals surface area contributed by atoms with E-state index in [1.807, 2.05) is 31.2 Å². The van der Waals surface area contributed by atoms with E-state index in [0.717, 1.165) is 41.3 Å². The Labute approximate surface area is 144 Å². The molecule has 1 aliphatic heterocycles. The Hall–Kier alpha value is -1.46. The van der Waals surface area contributed by atoms with E-state index < -0.39 is 11.7 Å². The zero-order valence-electron chi connectivity index (χ0n) is 13.5. The SMILES string of the molecule is Cc1ccc(Sc2ccc(C(F)(F)F)cc2C2CCNCC2)cc1. The summed E-state index contributed by atoms with van der Waals surface area (Å²) in [6.07, 6.45) is -2.54. The summed E-state index contributed by atoms with van der Waals surface area (Å²) in [5, 5.41) is 3.28. The molecule has 1 heterocycles. The van der Waals surface area contributed by atoms with Crippen molar-refractivity contribution < 1.29 is 13.2 Å². The number of benzene rings is 2. The third-order valence-electron chi connectivity index (χ3n) is 4.36. The summed E-state index contributed by atoms with van der Waals surface area (Å²) >= 11 is 1.55. The Morgan fingerprint density at radius 3 is 2.29 bits per heavy atom. The molecule has 1 N–H and O–H groups in total. The van der Waals surface area contributed by atoms with Crippen molar-refractivity contribution >= 4 is 11.8 Å². The first-order valence-corrected chi connectivity index (χ1v) is 8.91. The van der Waals surface area contributed by atoms with Gasteiger partial charge in [-0.25, -0.2) is 0 Å². The van der Waals surface area contributed by atoms with Gasteiger partial charge in [0.1, 0.15) is 0 Å². The van der Waals surface area contributed by atoms with Crippen molar-refractivity contribution in [3.63, 3.8) is 0 Å². The number of halogens is 3. The Balaban J connectivity index is 1.95. The first-order valence-electron chi connectivity index (χ1n) is 8.10. The van der Waals surface area contributed by atoms with Crippen LogP contribution in [0.4, 0.5) is 13.2 Å². The molecule has 0 radical (unpaired) electrons. The molecule has 0 bridgehead atoms. The number of aryl methyl sites for hydroxylation is 1. The molecule has 0 amide bonds. The van der Waals surface area contributed by atoms with Crippen LogP contribution in [0.2, 0.25) is 0 Å². The smallest absolute Gasteiger partial charge is 0.317 e. The van der Waals surface area contributed by atoms with Gasteiger partial charge in [-0.05, 0) is 74.7 Å². The van der Waals surface area contributed by atoms with Gasteiger partial charge in [-0.3, -0.25) is 0 Å². The average Bonchev–Trinajstić information content (AvgIpc) is 2.57. The van der Waals surface area contributed by atoms with Crippen LogP contribution >= 0.6 is 11.8 Å². The predicted molar refractivity (Wildman–Crippen MR) is 91.6 cm³/mol. The third-order valence-corrected chi connectivity index (χ3v) is 5.46. The molecule has 3 rings (SSSR count). The third kappa shape index (κ3) is 4.14. The molecule has 0 saturated carbocycles. The molecule has 24 heavy (non-hydrogen) atoms. The van der Waals surface area contributed by atoms with Crippen molar-refractivity contribution in [2.24, 2.45) is 0 Å². The van der Waals surface area contributed by atoms with Crippen molar-refractivity contribution in [2.45, 2.75) is 41.7 Å². The van der Waals surface area contributed by atoms with Crippen molar-refractivity contribution in [2.75, 3.05) is 13.1 Å². The van der Waals surface area contributed by atoms with Gasteiger partial charge in [-0.2, -0.15) is 13.2 Å². The van der Waals surface area contributed by atoms with Gasteiger partial charge in [-0.1, -0.05) is 29.5 Å². The standard InChI is InChI=1S/C19H20F3NS/c1-13-2-5-16(6-3-13)24-18-7-4-15(19(20,21)22)12-17(18)14-8-10-23-11-9-14/h2-7,12,14,23H,8-11H2,1H3. The van der Waals surface area contributed by atoms with E-state index in [0.29, 0.717) is 0 Å². The van der Waals surface area contributed by atoms with Crippen LogP contribution < -0.4 is 5.32 Å². The number of hydrogen-bond acceptors (Lipinski definition) is 2. The summed E-state index contributed by atoms with van der Waals surface area (Å²) in [6, 6.07) is 12.3. The summed E-state index contributed by atoms with van der Waals surface area (Å²) in [7, 11) is 0. The van der Waals surface area contributed by atoms with Gasteiger partial charge in [-0.15, -0.1) is 0 Å². The molecule has 1 nitrogen and oxygen atoms in total. The molecule has 0 atom stereocenters. The normalized spacial score (nSPS) is 16.3.